The van der Waals surface area contributed by atoms with Crippen LogP contribution in [0.25, 0.3) is 0 Å². The number of nitrogens with zero attached hydrogens (tertiary/aromatic N) is 1. The molecule has 0 fully saturated rings. The molecule has 0 heterocycles. The van der Waals surface area contributed by atoms with Gasteiger partial charge in [0.25, 0.3) is 0 Å². The molecule has 0 atom stereocenters. The van der Waals surface area contributed by atoms with Crippen LogP contribution in [0, 0.1) is 11.3 Å². The van der Waals surface area contributed by atoms with Crippen molar-refractivity contribution in [3.63, 3.8) is 0 Å². The van der Waals surface area contributed by atoms with Crippen molar-refractivity contribution in [2.45, 2.75) is 11.4 Å². The number of hydrogen-bond acceptors (Lipinski definition) is 3. The molecule has 2 nitrogen and oxygen atoms in total. The highest BCUT2D eigenvalue weighted by Gasteiger charge is 1.96. The number of benzene rings is 2. The van der Waals surface area contributed by atoms with Crippen LogP contribution in [0.15, 0.2) is 53.4 Å². The zero-order valence-electron chi connectivity index (χ0n) is 9.56. The van der Waals surface area contributed by atoms with Crippen LogP contribution in [-0.2, 0) is 6.54 Å². The van der Waals surface area contributed by atoms with Gasteiger partial charge in [-0.05, 0) is 53.9 Å². The summed E-state index contributed by atoms with van der Waals surface area (Å²) in [7, 11) is 0. The van der Waals surface area contributed by atoms with Crippen molar-refractivity contribution in [3.05, 3.63) is 64.7 Å². The Morgan fingerprint density at radius 2 is 1.72 bits per heavy atom. The van der Waals surface area contributed by atoms with E-state index in [4.69, 9.17) is 16.9 Å². The fourth-order valence-electron chi connectivity index (χ4n) is 1.40. The maximum Gasteiger partial charge on any atom is 0.0991 e. The minimum atomic E-state index is 0.684. The van der Waals surface area contributed by atoms with Crippen molar-refractivity contribution in [3.8, 4) is 6.07 Å². The van der Waals surface area contributed by atoms with Gasteiger partial charge in [-0.1, -0.05) is 23.7 Å². The Labute approximate surface area is 116 Å². The molecule has 90 valence electrons. The Hall–Kier alpha value is -1.47. The summed E-state index contributed by atoms with van der Waals surface area (Å²) in [4.78, 5) is 1.12. The lowest BCUT2D eigenvalue weighted by Crippen LogP contribution is -2.02. The Morgan fingerprint density at radius 3 is 2.33 bits per heavy atom. The van der Waals surface area contributed by atoms with Crippen LogP contribution in [0.2, 0.25) is 5.02 Å². The summed E-state index contributed by atoms with van der Waals surface area (Å²) in [6.45, 7) is 0.749. The molecule has 2 aromatic carbocycles. The maximum atomic E-state index is 8.70. The normalized spacial score (nSPS) is 10.0. The zero-order valence-corrected chi connectivity index (χ0v) is 11.1. The van der Waals surface area contributed by atoms with Gasteiger partial charge in [0, 0.05) is 16.5 Å². The summed E-state index contributed by atoms with van der Waals surface area (Å²) in [5.74, 6) is 0. The molecule has 0 saturated heterocycles. The lowest BCUT2D eigenvalue weighted by molar-refractivity contribution is 0.975. The molecule has 0 unspecified atom stereocenters. The number of nitrogens with one attached hydrogen (secondary N) is 1. The largest absolute Gasteiger partial charge is 0.255 e. The van der Waals surface area contributed by atoms with Crippen LogP contribution in [0.4, 0.5) is 0 Å². The second kappa shape index (κ2) is 6.46. The summed E-state index contributed by atoms with van der Waals surface area (Å²) in [5, 5.41) is 9.44. The third-order valence-electron chi connectivity index (χ3n) is 2.36. The van der Waals surface area contributed by atoms with Crippen molar-refractivity contribution in [1.82, 2.24) is 4.72 Å². The highest BCUT2D eigenvalue weighted by atomic mass is 35.5. The van der Waals surface area contributed by atoms with E-state index < -0.39 is 0 Å². The molecule has 2 aromatic rings. The molecule has 18 heavy (non-hydrogen) atoms. The Balaban J connectivity index is 1.84. The van der Waals surface area contributed by atoms with E-state index >= 15 is 0 Å². The minimum absolute atomic E-state index is 0.684. The standard InChI is InChI=1S/C14H11ClN2S/c15-13-5-7-14(8-6-13)18-17-10-12-3-1-11(9-16)2-4-12/h1-8,17H,10H2. The van der Waals surface area contributed by atoms with Crippen LogP contribution in [0.3, 0.4) is 0 Å². The summed E-state index contributed by atoms with van der Waals surface area (Å²) in [6, 6.07) is 17.3. The van der Waals surface area contributed by atoms with Gasteiger partial charge in [-0.2, -0.15) is 5.26 Å². The second-order valence-electron chi connectivity index (χ2n) is 3.69. The third-order valence-corrected chi connectivity index (χ3v) is 3.41. The minimum Gasteiger partial charge on any atom is -0.255 e. The lowest BCUT2D eigenvalue weighted by atomic mass is 10.1. The first-order valence-corrected chi connectivity index (χ1v) is 6.62. The van der Waals surface area contributed by atoms with Crippen LogP contribution in [-0.4, -0.2) is 0 Å². The fourth-order valence-corrected chi connectivity index (χ4v) is 2.21. The third kappa shape index (κ3) is 3.78. The van der Waals surface area contributed by atoms with Crippen LogP contribution >= 0.6 is 23.5 Å². The molecule has 0 aromatic heterocycles. The molecule has 0 aliphatic rings. The molecule has 0 aliphatic heterocycles. The van der Waals surface area contributed by atoms with Gasteiger partial charge in [-0.3, -0.25) is 4.72 Å². The first-order valence-electron chi connectivity index (χ1n) is 5.42. The molecular weight excluding hydrogens is 264 g/mol. The van der Waals surface area contributed by atoms with Gasteiger partial charge in [-0.15, -0.1) is 0 Å². The average Bonchev–Trinajstić information content (AvgIpc) is 2.42. The first-order chi connectivity index (χ1) is 8.78. The molecule has 0 saturated carbocycles. The molecule has 4 heteroatoms. The van der Waals surface area contributed by atoms with Crippen molar-refractivity contribution < 1.29 is 0 Å². The average molecular weight is 275 g/mol. The van der Waals surface area contributed by atoms with Crippen molar-refractivity contribution in [1.29, 1.82) is 5.26 Å². The highest BCUT2D eigenvalue weighted by Crippen LogP contribution is 2.18. The van der Waals surface area contributed by atoms with Gasteiger partial charge >= 0.3 is 0 Å². The zero-order chi connectivity index (χ0) is 12.8. The van der Waals surface area contributed by atoms with Gasteiger partial charge in [-0.25, -0.2) is 0 Å². The van der Waals surface area contributed by atoms with Crippen LogP contribution in [0.1, 0.15) is 11.1 Å². The van der Waals surface area contributed by atoms with E-state index in [0.717, 1.165) is 22.0 Å². The number of nitriles is 1. The molecule has 0 spiro atoms. The van der Waals surface area contributed by atoms with Gasteiger partial charge in [0.2, 0.25) is 0 Å². The van der Waals surface area contributed by atoms with Gasteiger partial charge < -0.3 is 0 Å². The smallest absolute Gasteiger partial charge is 0.0991 e. The van der Waals surface area contributed by atoms with E-state index in [2.05, 4.69) is 10.8 Å². The summed E-state index contributed by atoms with van der Waals surface area (Å²) >= 11 is 7.37. The number of halogens is 1. The van der Waals surface area contributed by atoms with Crippen molar-refractivity contribution in [2.24, 2.45) is 0 Å². The van der Waals surface area contributed by atoms with Gasteiger partial charge in [0.15, 0.2) is 0 Å². The maximum absolute atomic E-state index is 8.70. The molecule has 0 bridgehead atoms. The van der Waals surface area contributed by atoms with Gasteiger partial charge in [0.1, 0.15) is 0 Å². The SMILES string of the molecule is N#Cc1ccc(CNSc2ccc(Cl)cc2)cc1. The number of rotatable bonds is 4. The predicted octanol–water partition coefficient (Wildman–Crippen LogP) is 4.01. The van der Waals surface area contributed by atoms with E-state index in [1.165, 1.54) is 0 Å². The molecule has 0 amide bonds. The highest BCUT2D eigenvalue weighted by molar-refractivity contribution is 7.97. The topological polar surface area (TPSA) is 35.8 Å². The van der Waals surface area contributed by atoms with Crippen molar-refractivity contribution in [2.75, 3.05) is 0 Å². The molecule has 2 rings (SSSR count). The fraction of sp³-hybridized carbons (Fsp3) is 0.0714. The van der Waals surface area contributed by atoms with E-state index in [1.54, 1.807) is 11.9 Å². The first kappa shape index (κ1) is 13.0. The van der Waals surface area contributed by atoms with E-state index in [-0.39, 0.29) is 0 Å². The van der Waals surface area contributed by atoms with E-state index in [9.17, 15) is 0 Å². The quantitative estimate of drug-likeness (QED) is 0.856. The summed E-state index contributed by atoms with van der Waals surface area (Å²) < 4.78 is 3.27. The second-order valence-corrected chi connectivity index (χ2v) is 5.09. The summed E-state index contributed by atoms with van der Waals surface area (Å²) in [5.41, 5.74) is 1.83. The molecule has 0 aliphatic carbocycles. The van der Waals surface area contributed by atoms with Crippen LogP contribution < -0.4 is 4.72 Å². The van der Waals surface area contributed by atoms with E-state index in [0.29, 0.717) is 5.56 Å². The molecule has 0 radical (unpaired) electrons. The predicted molar refractivity (Wildman–Crippen MR) is 75.3 cm³/mol. The Kier molecular flexibility index (Phi) is 4.66. The summed E-state index contributed by atoms with van der Waals surface area (Å²) in [6.07, 6.45) is 0. The van der Waals surface area contributed by atoms with Crippen LogP contribution in [0.5, 0.6) is 0 Å². The van der Waals surface area contributed by atoms with Gasteiger partial charge in [0.05, 0.1) is 11.6 Å². The molecular formula is C14H11ClN2S. The Bertz CT molecular complexity index is 544. The Morgan fingerprint density at radius 1 is 1.06 bits per heavy atom. The van der Waals surface area contributed by atoms with E-state index in [1.807, 2.05) is 48.5 Å². The lowest BCUT2D eigenvalue weighted by Gasteiger charge is -2.04. The van der Waals surface area contributed by atoms with Crippen molar-refractivity contribution >= 4 is 23.5 Å². The molecule has 1 N–H and O–H groups in total. The monoisotopic (exact) mass is 274 g/mol. The number of hydrogen-bond donors (Lipinski definition) is 1.